The van der Waals surface area contributed by atoms with Gasteiger partial charge in [0.25, 0.3) is 0 Å². The number of nitrogens with one attached hydrogen (secondary N) is 2. The highest BCUT2D eigenvalue weighted by Crippen LogP contribution is 2.13. The number of benzene rings is 1. The van der Waals surface area contributed by atoms with Crippen LogP contribution in [-0.2, 0) is 11.3 Å². The lowest BCUT2D eigenvalue weighted by Crippen LogP contribution is -2.20. The van der Waals surface area contributed by atoms with Gasteiger partial charge in [-0.1, -0.05) is 24.3 Å². The topological polar surface area (TPSA) is 72.0 Å². The molecule has 1 aliphatic heterocycles. The summed E-state index contributed by atoms with van der Waals surface area (Å²) in [6.45, 7) is 4.40. The predicted molar refractivity (Wildman–Crippen MR) is 85.8 cm³/mol. The Labute approximate surface area is 130 Å². The highest BCUT2D eigenvalue weighted by molar-refractivity contribution is 5.39. The molecule has 1 unspecified atom stereocenters. The average Bonchev–Trinajstić information content (AvgIpc) is 3.06. The third-order valence-corrected chi connectivity index (χ3v) is 3.79. The summed E-state index contributed by atoms with van der Waals surface area (Å²) in [6, 6.07) is 8.28. The van der Waals surface area contributed by atoms with Crippen LogP contribution in [-0.4, -0.2) is 34.4 Å². The van der Waals surface area contributed by atoms with Gasteiger partial charge in [-0.05, 0) is 30.9 Å². The maximum Gasteiger partial charge on any atom is 0.244 e. The number of aryl methyl sites for hydroxylation is 1. The molecule has 2 aromatic rings. The first-order valence-electron chi connectivity index (χ1n) is 7.65. The number of anilines is 2. The summed E-state index contributed by atoms with van der Waals surface area (Å²) in [7, 11) is 0. The molecule has 2 heterocycles. The van der Waals surface area contributed by atoms with Crippen molar-refractivity contribution in [2.45, 2.75) is 32.4 Å². The lowest BCUT2D eigenvalue weighted by molar-refractivity contribution is 0.120. The standard InChI is InChI=1S/C16H21N5O/c1-12-5-2-3-6-13(12)9-17-15-11-19-21-16(20-15)18-10-14-7-4-8-22-14/h2-3,5-6,11,14H,4,7-10H2,1H3,(H2,17,18,20,21). The molecule has 116 valence electrons. The molecule has 0 saturated carbocycles. The largest absolute Gasteiger partial charge is 0.376 e. The molecule has 0 radical (unpaired) electrons. The fourth-order valence-electron chi connectivity index (χ4n) is 2.47. The SMILES string of the molecule is Cc1ccccc1CNc1cnnc(NCC2CCCO2)n1. The van der Waals surface area contributed by atoms with Gasteiger partial charge in [0.2, 0.25) is 5.95 Å². The molecule has 1 saturated heterocycles. The van der Waals surface area contributed by atoms with Crippen molar-refractivity contribution in [3.8, 4) is 0 Å². The number of aromatic nitrogens is 3. The number of hydrogen-bond acceptors (Lipinski definition) is 6. The van der Waals surface area contributed by atoms with E-state index in [0.717, 1.165) is 32.5 Å². The second-order valence-electron chi connectivity index (χ2n) is 5.46. The van der Waals surface area contributed by atoms with E-state index in [-0.39, 0.29) is 6.10 Å². The molecule has 0 aliphatic carbocycles. The third-order valence-electron chi connectivity index (χ3n) is 3.79. The van der Waals surface area contributed by atoms with E-state index in [1.807, 2.05) is 12.1 Å². The number of hydrogen-bond donors (Lipinski definition) is 2. The van der Waals surface area contributed by atoms with Gasteiger partial charge in [0.1, 0.15) is 0 Å². The van der Waals surface area contributed by atoms with Gasteiger partial charge < -0.3 is 15.4 Å². The van der Waals surface area contributed by atoms with Gasteiger partial charge in [-0.15, -0.1) is 5.10 Å². The van der Waals surface area contributed by atoms with Crippen LogP contribution < -0.4 is 10.6 Å². The highest BCUT2D eigenvalue weighted by Gasteiger charge is 2.15. The normalized spacial score (nSPS) is 17.4. The summed E-state index contributed by atoms with van der Waals surface area (Å²) < 4.78 is 5.57. The molecule has 0 bridgehead atoms. The molecule has 3 rings (SSSR count). The van der Waals surface area contributed by atoms with E-state index < -0.39 is 0 Å². The van der Waals surface area contributed by atoms with Crippen LogP contribution in [0.5, 0.6) is 0 Å². The zero-order chi connectivity index (χ0) is 15.2. The van der Waals surface area contributed by atoms with Crippen LogP contribution in [0.3, 0.4) is 0 Å². The molecule has 2 N–H and O–H groups in total. The smallest absolute Gasteiger partial charge is 0.244 e. The molecule has 0 spiro atoms. The van der Waals surface area contributed by atoms with Gasteiger partial charge in [-0.2, -0.15) is 10.1 Å². The molecule has 6 nitrogen and oxygen atoms in total. The Bertz CT molecular complexity index is 613. The fraction of sp³-hybridized carbons (Fsp3) is 0.438. The molecule has 1 aliphatic rings. The maximum atomic E-state index is 5.57. The number of rotatable bonds is 6. The van der Waals surface area contributed by atoms with Crippen molar-refractivity contribution in [3.63, 3.8) is 0 Å². The highest BCUT2D eigenvalue weighted by atomic mass is 16.5. The Morgan fingerprint density at radius 2 is 2.18 bits per heavy atom. The minimum absolute atomic E-state index is 0.257. The summed E-state index contributed by atoms with van der Waals surface area (Å²) in [5, 5.41) is 14.5. The van der Waals surface area contributed by atoms with Crippen LogP contribution in [0.2, 0.25) is 0 Å². The van der Waals surface area contributed by atoms with Crippen LogP contribution in [0.15, 0.2) is 30.5 Å². The number of ether oxygens (including phenoxy) is 1. The summed E-state index contributed by atoms with van der Waals surface area (Å²) in [6.07, 6.45) is 4.11. The summed E-state index contributed by atoms with van der Waals surface area (Å²) in [5.41, 5.74) is 2.50. The number of nitrogens with zero attached hydrogens (tertiary/aromatic N) is 3. The quantitative estimate of drug-likeness (QED) is 0.853. The molecule has 22 heavy (non-hydrogen) atoms. The summed E-state index contributed by atoms with van der Waals surface area (Å²) in [5.74, 6) is 1.25. The van der Waals surface area contributed by atoms with Crippen molar-refractivity contribution in [1.29, 1.82) is 0 Å². The average molecular weight is 299 g/mol. The zero-order valence-electron chi connectivity index (χ0n) is 12.7. The Morgan fingerprint density at radius 3 is 3.00 bits per heavy atom. The van der Waals surface area contributed by atoms with E-state index in [1.54, 1.807) is 6.20 Å². The van der Waals surface area contributed by atoms with Crippen LogP contribution in [0.4, 0.5) is 11.8 Å². The first kappa shape index (κ1) is 14.7. The molecule has 1 aromatic heterocycles. The summed E-state index contributed by atoms with van der Waals surface area (Å²) in [4.78, 5) is 4.43. The van der Waals surface area contributed by atoms with Crippen molar-refractivity contribution < 1.29 is 4.74 Å². The van der Waals surface area contributed by atoms with Crippen LogP contribution >= 0.6 is 0 Å². The first-order valence-corrected chi connectivity index (χ1v) is 7.65. The van der Waals surface area contributed by atoms with E-state index in [1.165, 1.54) is 11.1 Å². The van der Waals surface area contributed by atoms with E-state index in [0.29, 0.717) is 11.8 Å². The van der Waals surface area contributed by atoms with Crippen molar-refractivity contribution >= 4 is 11.8 Å². The lowest BCUT2D eigenvalue weighted by atomic mass is 10.1. The van der Waals surface area contributed by atoms with Gasteiger partial charge in [0, 0.05) is 19.7 Å². The van der Waals surface area contributed by atoms with Crippen molar-refractivity contribution in [3.05, 3.63) is 41.6 Å². The van der Waals surface area contributed by atoms with E-state index in [9.17, 15) is 0 Å². The fourth-order valence-corrected chi connectivity index (χ4v) is 2.47. The van der Waals surface area contributed by atoms with Crippen molar-refractivity contribution in [2.24, 2.45) is 0 Å². The minimum Gasteiger partial charge on any atom is -0.376 e. The van der Waals surface area contributed by atoms with Crippen molar-refractivity contribution in [1.82, 2.24) is 15.2 Å². The Kier molecular flexibility index (Phi) is 4.80. The van der Waals surface area contributed by atoms with Gasteiger partial charge in [-0.25, -0.2) is 0 Å². The first-order chi connectivity index (χ1) is 10.8. The molecular formula is C16H21N5O. The van der Waals surface area contributed by atoms with E-state index in [2.05, 4.69) is 44.9 Å². The Balaban J connectivity index is 1.55. The van der Waals surface area contributed by atoms with E-state index >= 15 is 0 Å². The minimum atomic E-state index is 0.257. The third kappa shape index (κ3) is 3.92. The van der Waals surface area contributed by atoms with E-state index in [4.69, 9.17) is 4.74 Å². The summed E-state index contributed by atoms with van der Waals surface area (Å²) >= 11 is 0. The van der Waals surface area contributed by atoms with Crippen LogP contribution in [0, 0.1) is 6.92 Å². The molecule has 0 amide bonds. The molecule has 1 aromatic carbocycles. The molecule has 6 heteroatoms. The van der Waals surface area contributed by atoms with Gasteiger partial charge in [0.05, 0.1) is 12.3 Å². The second kappa shape index (κ2) is 7.17. The van der Waals surface area contributed by atoms with Gasteiger partial charge in [-0.3, -0.25) is 0 Å². The maximum absolute atomic E-state index is 5.57. The monoisotopic (exact) mass is 299 g/mol. The molecule has 1 atom stereocenters. The predicted octanol–water partition coefficient (Wildman–Crippen LogP) is 2.38. The second-order valence-corrected chi connectivity index (χ2v) is 5.46. The van der Waals surface area contributed by atoms with Gasteiger partial charge in [0.15, 0.2) is 5.82 Å². The van der Waals surface area contributed by atoms with Gasteiger partial charge >= 0.3 is 0 Å². The van der Waals surface area contributed by atoms with Crippen molar-refractivity contribution in [2.75, 3.05) is 23.8 Å². The zero-order valence-corrected chi connectivity index (χ0v) is 12.7. The molecule has 1 fully saturated rings. The van der Waals surface area contributed by atoms with Crippen LogP contribution in [0.1, 0.15) is 24.0 Å². The molecular weight excluding hydrogens is 278 g/mol. The Hall–Kier alpha value is -2.21. The lowest BCUT2D eigenvalue weighted by Gasteiger charge is -2.11. The van der Waals surface area contributed by atoms with Crippen LogP contribution in [0.25, 0.3) is 0 Å². The Morgan fingerprint density at radius 1 is 1.27 bits per heavy atom.